The van der Waals surface area contributed by atoms with E-state index in [1.54, 1.807) is 20.2 Å². The van der Waals surface area contributed by atoms with Crippen molar-refractivity contribution in [2.24, 2.45) is 5.92 Å². The summed E-state index contributed by atoms with van der Waals surface area (Å²) in [7, 11) is 3.16. The Kier molecular flexibility index (Phi) is 6.23. The SMILES string of the molecule is C[C@H](O)[C@@H](Nc1cc(-c2cnc(NC(=O)C3CC3)cn2)cnc1C#N)C(=O)N(C)C. The summed E-state index contributed by atoms with van der Waals surface area (Å²) in [4.78, 5) is 38.2. The van der Waals surface area contributed by atoms with Gasteiger partial charge < -0.3 is 20.6 Å². The quantitative estimate of drug-likeness (QED) is 0.614. The molecule has 0 unspecified atom stereocenters. The minimum atomic E-state index is -0.996. The molecule has 0 bridgehead atoms. The third-order valence-corrected chi connectivity index (χ3v) is 4.64. The molecular formula is C20H23N7O3. The highest BCUT2D eigenvalue weighted by molar-refractivity contribution is 5.93. The number of anilines is 2. The first-order chi connectivity index (χ1) is 14.3. The topological polar surface area (TPSA) is 144 Å². The number of nitrogens with zero attached hydrogens (tertiary/aromatic N) is 5. The number of hydrogen-bond acceptors (Lipinski definition) is 8. The Balaban J connectivity index is 1.83. The van der Waals surface area contributed by atoms with E-state index in [0.29, 0.717) is 22.8 Å². The lowest BCUT2D eigenvalue weighted by Gasteiger charge is -2.25. The van der Waals surface area contributed by atoms with Gasteiger partial charge in [0.15, 0.2) is 11.5 Å². The molecule has 3 N–H and O–H groups in total. The summed E-state index contributed by atoms with van der Waals surface area (Å²) in [6.45, 7) is 1.49. The fraction of sp³-hybridized carbons (Fsp3) is 0.400. The summed E-state index contributed by atoms with van der Waals surface area (Å²) >= 11 is 0. The number of likely N-dealkylation sites (N-methyl/N-ethyl adjacent to an activating group) is 1. The largest absolute Gasteiger partial charge is 0.391 e. The lowest BCUT2D eigenvalue weighted by molar-refractivity contribution is -0.131. The average Bonchev–Trinajstić information content (AvgIpc) is 3.57. The molecule has 1 fully saturated rings. The molecule has 0 saturated heterocycles. The van der Waals surface area contributed by atoms with E-state index in [0.717, 1.165) is 12.8 Å². The van der Waals surface area contributed by atoms with Gasteiger partial charge in [0.2, 0.25) is 11.8 Å². The number of pyridine rings is 1. The third kappa shape index (κ3) is 4.87. The van der Waals surface area contributed by atoms with Crippen molar-refractivity contribution < 1.29 is 14.7 Å². The van der Waals surface area contributed by atoms with Gasteiger partial charge in [-0.3, -0.25) is 14.6 Å². The van der Waals surface area contributed by atoms with Crippen LogP contribution in [-0.2, 0) is 9.59 Å². The molecule has 156 valence electrons. The first-order valence-electron chi connectivity index (χ1n) is 9.49. The monoisotopic (exact) mass is 409 g/mol. The summed E-state index contributed by atoms with van der Waals surface area (Å²) in [5.41, 5.74) is 1.42. The van der Waals surface area contributed by atoms with Crippen molar-refractivity contribution >= 4 is 23.3 Å². The predicted molar refractivity (Wildman–Crippen MR) is 109 cm³/mol. The first-order valence-corrected chi connectivity index (χ1v) is 9.49. The van der Waals surface area contributed by atoms with Crippen LogP contribution in [0.25, 0.3) is 11.3 Å². The molecule has 10 nitrogen and oxygen atoms in total. The summed E-state index contributed by atoms with van der Waals surface area (Å²) < 4.78 is 0. The van der Waals surface area contributed by atoms with Gasteiger partial charge in [-0.05, 0) is 25.8 Å². The molecule has 1 aliphatic rings. The Hall–Kier alpha value is -3.58. The zero-order chi connectivity index (χ0) is 21.8. The molecule has 1 saturated carbocycles. The first kappa shape index (κ1) is 21.1. The number of aromatic nitrogens is 3. The van der Waals surface area contributed by atoms with Gasteiger partial charge in [0.25, 0.3) is 0 Å². The van der Waals surface area contributed by atoms with Gasteiger partial charge in [-0.15, -0.1) is 0 Å². The van der Waals surface area contributed by atoms with E-state index in [2.05, 4.69) is 25.6 Å². The van der Waals surface area contributed by atoms with Gasteiger partial charge in [-0.25, -0.2) is 9.97 Å². The smallest absolute Gasteiger partial charge is 0.247 e. The van der Waals surface area contributed by atoms with Gasteiger partial charge in [0.1, 0.15) is 12.1 Å². The van der Waals surface area contributed by atoms with Crippen LogP contribution in [0.3, 0.4) is 0 Å². The molecule has 2 amide bonds. The highest BCUT2D eigenvalue weighted by Crippen LogP contribution is 2.30. The van der Waals surface area contributed by atoms with Gasteiger partial charge in [0, 0.05) is 31.8 Å². The number of carbonyl (C=O) groups excluding carboxylic acids is 2. The number of amides is 2. The van der Waals surface area contributed by atoms with E-state index in [9.17, 15) is 20.0 Å². The van der Waals surface area contributed by atoms with Crippen molar-refractivity contribution in [3.8, 4) is 17.3 Å². The molecule has 1 aliphatic carbocycles. The lowest BCUT2D eigenvalue weighted by Crippen LogP contribution is -2.45. The standard InChI is InChI=1S/C20H23N7O3/c1-11(28)18(20(30)27(2)3)25-14-6-13(8-22-15(14)7-21)16-9-24-17(10-23-16)26-19(29)12-4-5-12/h6,8-12,18,25,28H,4-5H2,1-3H3,(H,24,26,29)/t11-,18+/m0/s1. The van der Waals surface area contributed by atoms with Gasteiger partial charge in [-0.2, -0.15) is 5.26 Å². The van der Waals surface area contributed by atoms with Gasteiger partial charge in [0.05, 0.1) is 29.9 Å². The average molecular weight is 409 g/mol. The molecule has 0 aromatic carbocycles. The van der Waals surface area contributed by atoms with Gasteiger partial charge >= 0.3 is 0 Å². The second-order valence-corrected chi connectivity index (χ2v) is 7.38. The Bertz CT molecular complexity index is 979. The fourth-order valence-corrected chi connectivity index (χ4v) is 2.75. The van der Waals surface area contributed by atoms with Gasteiger partial charge in [-0.1, -0.05) is 0 Å². The van der Waals surface area contributed by atoms with Crippen LogP contribution in [-0.4, -0.2) is 63.0 Å². The van der Waals surface area contributed by atoms with E-state index >= 15 is 0 Å². The van der Waals surface area contributed by atoms with Crippen molar-refractivity contribution in [3.63, 3.8) is 0 Å². The number of nitrogens with one attached hydrogen (secondary N) is 2. The van der Waals surface area contributed by atoms with E-state index in [1.165, 1.54) is 30.4 Å². The van der Waals surface area contributed by atoms with Crippen LogP contribution >= 0.6 is 0 Å². The van der Waals surface area contributed by atoms with Crippen LogP contribution in [0.5, 0.6) is 0 Å². The Morgan fingerprint density at radius 2 is 1.97 bits per heavy atom. The van der Waals surface area contributed by atoms with Crippen LogP contribution in [0.15, 0.2) is 24.7 Å². The van der Waals surface area contributed by atoms with E-state index in [4.69, 9.17) is 0 Å². The predicted octanol–water partition coefficient (Wildman–Crippen LogP) is 1.01. The van der Waals surface area contributed by atoms with Crippen molar-refractivity contribution in [1.82, 2.24) is 19.9 Å². The molecule has 2 heterocycles. The number of nitriles is 1. The molecular weight excluding hydrogens is 386 g/mol. The lowest BCUT2D eigenvalue weighted by atomic mass is 10.1. The summed E-state index contributed by atoms with van der Waals surface area (Å²) in [5, 5.41) is 25.0. The molecule has 10 heteroatoms. The van der Waals surface area contributed by atoms with Crippen molar-refractivity contribution in [2.45, 2.75) is 31.9 Å². The summed E-state index contributed by atoms with van der Waals surface area (Å²) in [6, 6.07) is 2.64. The highest BCUT2D eigenvalue weighted by Gasteiger charge is 2.30. The van der Waals surface area contributed by atoms with Crippen molar-refractivity contribution in [2.75, 3.05) is 24.7 Å². The Morgan fingerprint density at radius 1 is 1.23 bits per heavy atom. The van der Waals surface area contributed by atoms with Crippen LogP contribution in [0.2, 0.25) is 0 Å². The second-order valence-electron chi connectivity index (χ2n) is 7.38. The number of hydrogen-bond donors (Lipinski definition) is 3. The normalized spacial score (nSPS) is 14.9. The Morgan fingerprint density at radius 3 is 2.50 bits per heavy atom. The zero-order valence-corrected chi connectivity index (χ0v) is 17.0. The van der Waals surface area contributed by atoms with Crippen molar-refractivity contribution in [1.29, 1.82) is 5.26 Å². The minimum Gasteiger partial charge on any atom is -0.391 e. The molecule has 2 aromatic rings. The zero-order valence-electron chi connectivity index (χ0n) is 17.0. The highest BCUT2D eigenvalue weighted by atomic mass is 16.3. The minimum absolute atomic E-state index is 0.0571. The molecule has 0 spiro atoms. The van der Waals surface area contributed by atoms with Crippen LogP contribution in [0.4, 0.5) is 11.5 Å². The van der Waals surface area contributed by atoms with E-state index < -0.39 is 12.1 Å². The second kappa shape index (κ2) is 8.84. The fourth-order valence-electron chi connectivity index (χ4n) is 2.75. The van der Waals surface area contributed by atoms with Crippen molar-refractivity contribution in [3.05, 3.63) is 30.4 Å². The van der Waals surface area contributed by atoms with E-state index in [1.807, 2.05) is 6.07 Å². The maximum atomic E-state index is 12.4. The van der Waals surface area contributed by atoms with Crippen LogP contribution in [0, 0.1) is 17.2 Å². The molecule has 2 aromatic heterocycles. The number of rotatable bonds is 7. The molecule has 3 rings (SSSR count). The maximum Gasteiger partial charge on any atom is 0.247 e. The molecule has 0 aliphatic heterocycles. The van der Waals surface area contributed by atoms with Crippen LogP contribution < -0.4 is 10.6 Å². The van der Waals surface area contributed by atoms with Crippen LogP contribution in [0.1, 0.15) is 25.5 Å². The van der Waals surface area contributed by atoms with E-state index in [-0.39, 0.29) is 23.4 Å². The summed E-state index contributed by atoms with van der Waals surface area (Å²) in [5.74, 6) is 0.0315. The molecule has 2 atom stereocenters. The number of carbonyl (C=O) groups is 2. The number of aliphatic hydroxyl groups excluding tert-OH is 1. The molecule has 30 heavy (non-hydrogen) atoms. The number of aliphatic hydroxyl groups is 1. The Labute approximate surface area is 174 Å². The third-order valence-electron chi connectivity index (χ3n) is 4.64. The maximum absolute atomic E-state index is 12.4. The molecule has 0 radical (unpaired) electrons. The summed E-state index contributed by atoms with van der Waals surface area (Å²) in [6.07, 6.45) is 5.22.